The van der Waals surface area contributed by atoms with Gasteiger partial charge in [0.15, 0.2) is 0 Å². The second-order valence-electron chi connectivity index (χ2n) is 17.9. The van der Waals surface area contributed by atoms with Crippen LogP contribution >= 0.6 is 5.69 Å². The van der Waals surface area contributed by atoms with Crippen molar-refractivity contribution >= 4 is 29.7 Å². The average molecular weight is 1040 g/mol. The molecule has 0 amide bonds. The van der Waals surface area contributed by atoms with Crippen molar-refractivity contribution in [1.82, 2.24) is 0 Å². The Bertz CT molecular complexity index is 584. The molecule has 0 bridgehead atoms. The molecule has 0 fully saturated rings. The van der Waals surface area contributed by atoms with Crippen molar-refractivity contribution in [2.24, 2.45) is 0 Å². The summed E-state index contributed by atoms with van der Waals surface area (Å²) in [6.45, 7) is 6.89. The van der Waals surface area contributed by atoms with Crippen LogP contribution in [0.5, 0.6) is 0 Å². The van der Waals surface area contributed by atoms with Crippen molar-refractivity contribution < 1.29 is 64.7 Å². The quantitative estimate of drug-likeness (QED) is 0.0264. The molecule has 0 aliphatic carbocycles. The second-order valence-corrected chi connectivity index (χ2v) is 26.8. The van der Waals surface area contributed by atoms with Gasteiger partial charge in [-0.3, -0.25) is 0 Å². The largest absolute Gasteiger partial charge is 0.850 e. The maximum absolute atomic E-state index is 9.29. The first kappa shape index (κ1) is 68.4. The number of unbranched alkanes of at least 4 members (excludes halogenated alkanes) is 42. The first-order valence-corrected chi connectivity index (χ1v) is 36.8. The van der Waals surface area contributed by atoms with E-state index in [0.717, 1.165) is 0 Å². The predicted octanol–water partition coefficient (Wildman–Crippen LogP) is 18.9. The molecular formula is C51H105O2PS2Zn3. The zero-order valence-corrected chi connectivity index (χ0v) is 52.6. The number of hydrogen-bond acceptors (Lipinski definition) is 4. The van der Waals surface area contributed by atoms with Gasteiger partial charge in [-0.1, -0.05) is 97.8 Å². The van der Waals surface area contributed by atoms with E-state index in [1.807, 2.05) is 0 Å². The molecule has 0 saturated carbocycles. The van der Waals surface area contributed by atoms with Gasteiger partial charge >= 0.3 is 282 Å². The van der Waals surface area contributed by atoms with Crippen LogP contribution in [0.3, 0.4) is 0 Å². The molecule has 344 valence electrons. The maximum atomic E-state index is 9.29. The minimum Gasteiger partial charge on any atom is -0.850 e. The third kappa shape index (κ3) is 92.0. The Balaban J connectivity index is -0.000000362. The van der Waals surface area contributed by atoms with Crippen LogP contribution in [0, 0.1) is 0 Å². The molecule has 2 nitrogen and oxygen atoms in total. The summed E-state index contributed by atoms with van der Waals surface area (Å²) in [5.74, 6) is 0. The van der Waals surface area contributed by atoms with E-state index in [9.17, 15) is 9.79 Å². The summed E-state index contributed by atoms with van der Waals surface area (Å²) in [6, 6.07) is 0. The fourth-order valence-electron chi connectivity index (χ4n) is 7.64. The van der Waals surface area contributed by atoms with Crippen molar-refractivity contribution in [3.8, 4) is 0 Å². The third-order valence-electron chi connectivity index (χ3n) is 11.6. The van der Waals surface area contributed by atoms with Crippen LogP contribution in [0.4, 0.5) is 0 Å². The minimum absolute atomic E-state index is 1.38. The van der Waals surface area contributed by atoms with Gasteiger partial charge in [-0.25, -0.2) is 0 Å². The molecule has 0 heterocycles. The van der Waals surface area contributed by atoms with Gasteiger partial charge in [-0.15, -0.1) is 0 Å². The predicted molar refractivity (Wildman–Crippen MR) is 261 cm³/mol. The van der Waals surface area contributed by atoms with E-state index in [4.69, 9.17) is 0 Å². The van der Waals surface area contributed by atoms with Crippen molar-refractivity contribution in [3.63, 3.8) is 0 Å². The van der Waals surface area contributed by atoms with Gasteiger partial charge in [0.25, 0.3) is 0 Å². The molecule has 0 aromatic carbocycles. The minimum atomic E-state index is -3.72. The van der Waals surface area contributed by atoms with Gasteiger partial charge in [0.1, 0.15) is 0 Å². The van der Waals surface area contributed by atoms with E-state index in [-0.39, 0.29) is 0 Å². The Hall–Kier alpha value is 2.79. The molecule has 0 spiro atoms. The Kier molecular flexibility index (Phi) is 78.1. The molecule has 8 heteroatoms. The van der Waals surface area contributed by atoms with E-state index in [0.29, 0.717) is 0 Å². The normalized spacial score (nSPS) is 11.1. The first-order valence-electron chi connectivity index (χ1n) is 26.9. The standard InChI is InChI=1S/3C17H35.H3O2PS2.3Zn/c3*1-3-5-7-9-11-13-15-17-16-14-12-10-8-6-4-2;1-3(2,4)5;;;/h3*1,3-17H2,2H3;(H3,1,2,4,5);;;/q;;;;3*+1/p-3. The van der Waals surface area contributed by atoms with E-state index in [2.05, 4.69) is 44.8 Å². The van der Waals surface area contributed by atoms with Crippen LogP contribution in [-0.4, -0.2) is 0 Å². The second kappa shape index (κ2) is 67.4. The smallest absolute Gasteiger partial charge is 0.160 e. The molecule has 0 rings (SSSR count). The molecular weight excluding hydrogens is 936 g/mol. The van der Waals surface area contributed by atoms with Crippen LogP contribution in [0.2, 0.25) is 15.0 Å². The third-order valence-corrected chi connectivity index (χ3v) is 14.7. The average Bonchev–Trinajstić information content (AvgIpc) is 3.21. The van der Waals surface area contributed by atoms with Crippen LogP contribution < -0.4 is 9.79 Å². The van der Waals surface area contributed by atoms with E-state index in [1.165, 1.54) is 359 Å². The molecule has 0 N–H and O–H groups in total. The van der Waals surface area contributed by atoms with Crippen molar-refractivity contribution in [2.45, 2.75) is 325 Å². The molecule has 0 aliphatic rings. The van der Waals surface area contributed by atoms with Gasteiger partial charge < -0.3 is 27.7 Å². The van der Waals surface area contributed by atoms with Crippen LogP contribution in [-0.2, 0) is 79.0 Å². The zero-order valence-electron chi connectivity index (χ0n) is 41.1. The zero-order chi connectivity index (χ0) is 44.4. The Morgan fingerprint density at radius 3 is 0.441 bits per heavy atom. The Morgan fingerprint density at radius 1 is 0.271 bits per heavy atom. The topological polar surface area (TPSA) is 46.1 Å². The van der Waals surface area contributed by atoms with Crippen molar-refractivity contribution in [2.75, 3.05) is 0 Å². The molecule has 0 saturated heterocycles. The number of rotatable bonds is 45. The van der Waals surface area contributed by atoms with Gasteiger partial charge in [0, 0.05) is 0 Å². The number of hydrogen-bond donors (Lipinski definition) is 0. The van der Waals surface area contributed by atoms with Crippen molar-refractivity contribution in [3.05, 3.63) is 0 Å². The summed E-state index contributed by atoms with van der Waals surface area (Å²) >= 11 is 11.8. The molecule has 0 atom stereocenters. The van der Waals surface area contributed by atoms with Crippen molar-refractivity contribution in [1.29, 1.82) is 0 Å². The fraction of sp³-hybridized carbons (Fsp3) is 1.00. The first-order chi connectivity index (χ1) is 28.7. The molecule has 0 aromatic rings. The van der Waals surface area contributed by atoms with E-state index >= 15 is 0 Å². The monoisotopic (exact) mass is 1040 g/mol. The summed E-state index contributed by atoms with van der Waals surface area (Å²) in [7, 11) is 0. The SMILES string of the molecule is CCCCCCCCCCCCCCCC[CH2][Zn+].CCCCCCCCCCCCCCCC[CH2][Zn+].CCCCCCCCCCCCCCCC[CH2][Zn+].[O-]P([O-])(=S)[S-]. The molecule has 0 unspecified atom stereocenters. The Morgan fingerprint density at radius 2 is 0.356 bits per heavy atom. The van der Waals surface area contributed by atoms with Gasteiger partial charge in [-0.05, 0) is 0 Å². The molecule has 0 radical (unpaired) electrons. The summed E-state index contributed by atoms with van der Waals surface area (Å²) in [4.78, 5) is 18.6. The van der Waals surface area contributed by atoms with Crippen LogP contribution in [0.1, 0.15) is 310 Å². The molecule has 0 aliphatic heterocycles. The van der Waals surface area contributed by atoms with Gasteiger partial charge in [0.2, 0.25) is 0 Å². The summed E-state index contributed by atoms with van der Waals surface area (Å²) in [6.07, 6.45) is 66.6. The maximum Gasteiger partial charge on any atom is -0.160 e. The van der Waals surface area contributed by atoms with Gasteiger partial charge in [0.05, 0.1) is 0 Å². The molecule has 59 heavy (non-hydrogen) atoms. The van der Waals surface area contributed by atoms with Crippen LogP contribution in [0.15, 0.2) is 0 Å². The van der Waals surface area contributed by atoms with E-state index in [1.54, 1.807) is 0 Å². The molecule has 0 aromatic heterocycles. The summed E-state index contributed by atoms with van der Waals surface area (Å²) in [5, 5.41) is 4.49. The Labute approximate surface area is 415 Å². The summed E-state index contributed by atoms with van der Waals surface area (Å²) in [5.41, 5.74) is -3.72. The fourth-order valence-corrected chi connectivity index (χ4v) is 9.87. The summed E-state index contributed by atoms with van der Waals surface area (Å²) < 4.78 is 0. The van der Waals surface area contributed by atoms with E-state index < -0.39 is 5.69 Å². The van der Waals surface area contributed by atoms with Gasteiger partial charge in [-0.2, -0.15) is 11.8 Å². The van der Waals surface area contributed by atoms with Crippen LogP contribution in [0.25, 0.3) is 0 Å².